The van der Waals surface area contributed by atoms with Crippen LogP contribution in [0.25, 0.3) is 0 Å². The standard InChI is InChI=1S/C8H17ClN2O2/c1-7(2)8(3,4)11(13)6(5-9)10(7)12/h6,12-13H,5H2,1-4H3. The van der Waals surface area contributed by atoms with E-state index in [4.69, 9.17) is 11.6 Å². The second kappa shape index (κ2) is 3.07. The van der Waals surface area contributed by atoms with E-state index in [1.54, 1.807) is 0 Å². The zero-order valence-electron chi connectivity index (χ0n) is 8.45. The molecular formula is C8H17ClN2O2. The fourth-order valence-corrected chi connectivity index (χ4v) is 1.80. The summed E-state index contributed by atoms with van der Waals surface area (Å²) in [6, 6.07) is 0. The lowest BCUT2D eigenvalue weighted by atomic mass is 9.84. The highest BCUT2D eigenvalue weighted by Gasteiger charge is 2.57. The minimum Gasteiger partial charge on any atom is -0.312 e. The van der Waals surface area contributed by atoms with E-state index in [2.05, 4.69) is 0 Å². The van der Waals surface area contributed by atoms with Gasteiger partial charge < -0.3 is 10.4 Å². The maximum absolute atomic E-state index is 9.77. The number of nitrogens with zero attached hydrogens (tertiary/aromatic N) is 2. The van der Waals surface area contributed by atoms with Gasteiger partial charge in [0.15, 0.2) is 0 Å². The predicted octanol–water partition coefficient (Wildman–Crippen LogP) is 1.50. The second-order valence-corrected chi connectivity index (χ2v) is 4.75. The smallest absolute Gasteiger partial charge is 0.125 e. The molecule has 0 aliphatic carbocycles. The summed E-state index contributed by atoms with van der Waals surface area (Å²) < 4.78 is 0. The van der Waals surface area contributed by atoms with Gasteiger partial charge in [0, 0.05) is 0 Å². The predicted molar refractivity (Wildman–Crippen MR) is 49.9 cm³/mol. The van der Waals surface area contributed by atoms with E-state index in [-0.39, 0.29) is 5.88 Å². The molecule has 0 atom stereocenters. The molecule has 5 heteroatoms. The average Bonchev–Trinajstić information content (AvgIpc) is 2.13. The van der Waals surface area contributed by atoms with Gasteiger partial charge in [-0.05, 0) is 27.7 Å². The molecule has 78 valence electrons. The van der Waals surface area contributed by atoms with E-state index in [0.717, 1.165) is 10.1 Å². The van der Waals surface area contributed by atoms with E-state index in [1.807, 2.05) is 27.7 Å². The Labute approximate surface area is 83.6 Å². The van der Waals surface area contributed by atoms with Crippen molar-refractivity contribution in [2.45, 2.75) is 44.9 Å². The molecule has 0 saturated carbocycles. The Kier molecular flexibility index (Phi) is 2.64. The number of hydroxylamine groups is 4. The molecule has 2 N–H and O–H groups in total. The number of rotatable bonds is 1. The minimum atomic E-state index is -0.535. The number of alkyl halides is 1. The Morgan fingerprint density at radius 2 is 1.38 bits per heavy atom. The van der Waals surface area contributed by atoms with Crippen molar-refractivity contribution in [2.24, 2.45) is 0 Å². The van der Waals surface area contributed by atoms with Crippen LogP contribution in [0.3, 0.4) is 0 Å². The van der Waals surface area contributed by atoms with Gasteiger partial charge in [-0.3, -0.25) is 0 Å². The highest BCUT2D eigenvalue weighted by Crippen LogP contribution is 2.41. The molecule has 1 rings (SSSR count). The van der Waals surface area contributed by atoms with Crippen molar-refractivity contribution in [1.82, 2.24) is 10.1 Å². The van der Waals surface area contributed by atoms with Crippen molar-refractivity contribution < 1.29 is 10.4 Å². The Morgan fingerprint density at radius 1 is 1.08 bits per heavy atom. The molecule has 1 aliphatic heterocycles. The molecule has 4 nitrogen and oxygen atoms in total. The summed E-state index contributed by atoms with van der Waals surface area (Å²) >= 11 is 5.65. The Morgan fingerprint density at radius 3 is 1.54 bits per heavy atom. The first-order valence-corrected chi connectivity index (χ1v) is 4.82. The third-order valence-electron chi connectivity index (χ3n) is 3.35. The molecule has 0 aromatic rings. The van der Waals surface area contributed by atoms with Crippen LogP contribution in [0.2, 0.25) is 0 Å². The highest BCUT2D eigenvalue weighted by molar-refractivity contribution is 6.18. The molecule has 1 fully saturated rings. The van der Waals surface area contributed by atoms with Gasteiger partial charge in [-0.15, -0.1) is 11.6 Å². The van der Waals surface area contributed by atoms with Gasteiger partial charge in [-0.25, -0.2) is 0 Å². The molecule has 1 saturated heterocycles. The molecule has 0 aromatic carbocycles. The Bertz CT molecular complexity index is 188. The maximum atomic E-state index is 9.77. The van der Waals surface area contributed by atoms with E-state index >= 15 is 0 Å². The summed E-state index contributed by atoms with van der Waals surface area (Å²) in [6.45, 7) is 7.46. The lowest BCUT2D eigenvalue weighted by Crippen LogP contribution is -2.52. The molecule has 1 aliphatic rings. The number of hydrogen-bond acceptors (Lipinski definition) is 4. The normalized spacial score (nSPS) is 29.8. The first kappa shape index (κ1) is 11.2. The first-order chi connectivity index (χ1) is 5.76. The van der Waals surface area contributed by atoms with Crippen LogP contribution in [0.5, 0.6) is 0 Å². The summed E-state index contributed by atoms with van der Waals surface area (Å²) in [4.78, 5) is 0. The lowest BCUT2D eigenvalue weighted by Gasteiger charge is -2.37. The van der Waals surface area contributed by atoms with E-state index in [1.165, 1.54) is 0 Å². The largest absolute Gasteiger partial charge is 0.312 e. The fourth-order valence-electron chi connectivity index (χ4n) is 1.54. The molecular weight excluding hydrogens is 192 g/mol. The zero-order valence-corrected chi connectivity index (χ0v) is 9.21. The van der Waals surface area contributed by atoms with Gasteiger partial charge in [0.2, 0.25) is 0 Å². The monoisotopic (exact) mass is 208 g/mol. The van der Waals surface area contributed by atoms with Gasteiger partial charge in [-0.2, -0.15) is 10.1 Å². The first-order valence-electron chi connectivity index (χ1n) is 4.29. The molecule has 13 heavy (non-hydrogen) atoms. The molecule has 0 unspecified atom stereocenters. The van der Waals surface area contributed by atoms with Crippen molar-refractivity contribution in [3.63, 3.8) is 0 Å². The average molecular weight is 209 g/mol. The summed E-state index contributed by atoms with van der Waals surface area (Å²) in [5.74, 6) is 0.167. The van der Waals surface area contributed by atoms with Gasteiger partial charge >= 0.3 is 0 Å². The number of halogens is 1. The Hall–Kier alpha value is 0.130. The summed E-state index contributed by atoms with van der Waals surface area (Å²) in [6.07, 6.45) is -0.535. The van der Waals surface area contributed by atoms with E-state index < -0.39 is 17.2 Å². The van der Waals surface area contributed by atoms with Gasteiger partial charge in [0.25, 0.3) is 0 Å². The van der Waals surface area contributed by atoms with Crippen molar-refractivity contribution in [3.05, 3.63) is 0 Å². The van der Waals surface area contributed by atoms with Crippen LogP contribution in [-0.2, 0) is 0 Å². The van der Waals surface area contributed by atoms with Crippen molar-refractivity contribution in [2.75, 3.05) is 5.88 Å². The molecule has 0 aromatic heterocycles. The lowest BCUT2D eigenvalue weighted by molar-refractivity contribution is -0.211. The van der Waals surface area contributed by atoms with Crippen LogP contribution < -0.4 is 0 Å². The zero-order chi connectivity index (χ0) is 10.4. The van der Waals surface area contributed by atoms with Crippen LogP contribution in [0, 0.1) is 0 Å². The third-order valence-corrected chi connectivity index (χ3v) is 3.62. The van der Waals surface area contributed by atoms with Gasteiger partial charge in [0.05, 0.1) is 17.0 Å². The topological polar surface area (TPSA) is 46.9 Å². The highest BCUT2D eigenvalue weighted by atomic mass is 35.5. The van der Waals surface area contributed by atoms with E-state index in [9.17, 15) is 10.4 Å². The number of hydrogen-bond donors (Lipinski definition) is 2. The SMILES string of the molecule is CC1(C)N(O)C(CCl)N(O)C1(C)C. The van der Waals surface area contributed by atoms with Crippen LogP contribution in [0.1, 0.15) is 27.7 Å². The third kappa shape index (κ3) is 1.28. The van der Waals surface area contributed by atoms with Crippen molar-refractivity contribution in [3.8, 4) is 0 Å². The van der Waals surface area contributed by atoms with Gasteiger partial charge in [-0.1, -0.05) is 0 Å². The molecule has 0 amide bonds. The van der Waals surface area contributed by atoms with Crippen LogP contribution >= 0.6 is 11.6 Å². The van der Waals surface area contributed by atoms with E-state index in [0.29, 0.717) is 0 Å². The van der Waals surface area contributed by atoms with Crippen LogP contribution in [-0.4, -0.2) is 43.7 Å². The summed E-state index contributed by atoms with van der Waals surface area (Å²) in [5, 5.41) is 21.8. The van der Waals surface area contributed by atoms with Gasteiger partial charge in [0.1, 0.15) is 6.17 Å². The fraction of sp³-hybridized carbons (Fsp3) is 1.00. The van der Waals surface area contributed by atoms with Crippen molar-refractivity contribution in [1.29, 1.82) is 0 Å². The molecule has 1 heterocycles. The Balaban J connectivity index is 3.04. The summed E-state index contributed by atoms with van der Waals surface area (Å²) in [7, 11) is 0. The minimum absolute atomic E-state index is 0.167. The maximum Gasteiger partial charge on any atom is 0.125 e. The second-order valence-electron chi connectivity index (χ2n) is 4.44. The van der Waals surface area contributed by atoms with Crippen LogP contribution in [0.4, 0.5) is 0 Å². The quantitative estimate of drug-likeness (QED) is 0.642. The summed E-state index contributed by atoms with van der Waals surface area (Å²) in [5.41, 5.74) is -1.05. The molecule has 0 spiro atoms. The molecule has 0 bridgehead atoms. The molecule has 0 radical (unpaired) electrons. The van der Waals surface area contributed by atoms with Crippen molar-refractivity contribution >= 4 is 11.6 Å². The van der Waals surface area contributed by atoms with Crippen LogP contribution in [0.15, 0.2) is 0 Å².